The molecule has 0 fully saturated rings. The van der Waals surface area contributed by atoms with Crippen molar-refractivity contribution in [3.63, 3.8) is 0 Å². The highest BCUT2D eigenvalue weighted by Crippen LogP contribution is 2.20. The molecule has 1 aromatic carbocycles. The van der Waals surface area contributed by atoms with Crippen molar-refractivity contribution in [3.05, 3.63) is 24.3 Å². The van der Waals surface area contributed by atoms with E-state index in [0.717, 1.165) is 12.1 Å². The van der Waals surface area contributed by atoms with Gasteiger partial charge in [0.15, 0.2) is 0 Å². The quantitative estimate of drug-likeness (QED) is 0.710. The molecule has 4 N–H and O–H groups in total. The van der Waals surface area contributed by atoms with Crippen LogP contribution >= 0.6 is 0 Å². The lowest BCUT2D eigenvalue weighted by Crippen LogP contribution is -2.37. The lowest BCUT2D eigenvalue weighted by Gasteiger charge is -2.13. The summed E-state index contributed by atoms with van der Waals surface area (Å²) in [6.45, 7) is -1.79. The van der Waals surface area contributed by atoms with Crippen molar-refractivity contribution in [1.29, 1.82) is 0 Å². The van der Waals surface area contributed by atoms with Gasteiger partial charge in [-0.05, 0) is 12.1 Å². The minimum Gasteiger partial charge on any atom is -0.270 e. The van der Waals surface area contributed by atoms with Crippen LogP contribution in [0.1, 0.15) is 0 Å². The van der Waals surface area contributed by atoms with Crippen LogP contribution in [0.25, 0.3) is 0 Å². The Bertz CT molecular complexity index is 685. The Hall–Kier alpha value is -1.37. The van der Waals surface area contributed by atoms with Gasteiger partial charge >= 0.3 is 6.18 Å². The van der Waals surface area contributed by atoms with Crippen molar-refractivity contribution in [2.24, 2.45) is 5.14 Å². The first kappa shape index (κ1) is 16.7. The molecule has 0 amide bonds. The van der Waals surface area contributed by atoms with E-state index >= 15 is 0 Å². The van der Waals surface area contributed by atoms with Crippen LogP contribution < -0.4 is 14.6 Å². The number of nitrogens with one attached hydrogen (secondary N) is 2. The largest absolute Gasteiger partial charge is 0.402 e. The number of sulfonamides is 1. The second kappa shape index (κ2) is 5.55. The molecule has 0 aliphatic carbocycles. The molecule has 0 aliphatic rings. The Morgan fingerprint density at radius 1 is 1.10 bits per heavy atom. The molecule has 0 saturated heterocycles. The smallest absolute Gasteiger partial charge is 0.270 e. The molecule has 0 radical (unpaired) electrons. The van der Waals surface area contributed by atoms with E-state index in [4.69, 9.17) is 5.14 Å². The number of hydrogen-bond acceptors (Lipinski definition) is 4. The predicted molar refractivity (Wildman–Crippen MR) is 64.4 cm³/mol. The number of para-hydroxylation sites is 1. The molecule has 114 valence electrons. The Morgan fingerprint density at radius 3 is 2.15 bits per heavy atom. The molecule has 0 aliphatic heterocycles. The summed E-state index contributed by atoms with van der Waals surface area (Å²) >= 11 is 0. The van der Waals surface area contributed by atoms with Gasteiger partial charge in [-0.1, -0.05) is 12.1 Å². The summed E-state index contributed by atoms with van der Waals surface area (Å²) in [6, 6.07) is 4.63. The summed E-state index contributed by atoms with van der Waals surface area (Å²) < 4.78 is 83.8. The normalized spacial score (nSPS) is 13.2. The van der Waals surface area contributed by atoms with Gasteiger partial charge in [0, 0.05) is 0 Å². The molecule has 0 aromatic heterocycles. The van der Waals surface area contributed by atoms with Crippen molar-refractivity contribution in [1.82, 2.24) is 4.72 Å². The number of nitrogens with two attached hydrogens (primary N) is 1. The van der Waals surface area contributed by atoms with E-state index in [-0.39, 0.29) is 0 Å². The Morgan fingerprint density at radius 2 is 1.65 bits per heavy atom. The highest BCUT2D eigenvalue weighted by molar-refractivity contribution is 7.91. The first-order valence-corrected chi connectivity index (χ1v) is 7.90. The average Bonchev–Trinajstić information content (AvgIpc) is 2.24. The summed E-state index contributed by atoms with van der Waals surface area (Å²) in [5.41, 5.74) is -0.454. The third-order valence-corrected chi connectivity index (χ3v) is 3.88. The third-order valence-electron chi connectivity index (χ3n) is 1.90. The fourth-order valence-corrected chi connectivity index (χ4v) is 2.81. The van der Waals surface area contributed by atoms with Crippen LogP contribution in [0.4, 0.5) is 18.9 Å². The first-order valence-electron chi connectivity index (χ1n) is 4.87. The molecular weight excluding hydrogens is 323 g/mol. The van der Waals surface area contributed by atoms with Crippen LogP contribution in [0.3, 0.4) is 0 Å². The SMILES string of the molecule is NS(=O)(=O)c1ccccc1NS(=O)(=O)NCC(F)(F)F. The summed E-state index contributed by atoms with van der Waals surface area (Å²) in [5.74, 6) is 0. The zero-order valence-corrected chi connectivity index (χ0v) is 11.3. The molecule has 12 heteroatoms. The summed E-state index contributed by atoms with van der Waals surface area (Å²) in [6.07, 6.45) is -4.74. The molecule has 0 atom stereocenters. The van der Waals surface area contributed by atoms with Gasteiger partial charge in [-0.3, -0.25) is 4.72 Å². The number of halogens is 3. The van der Waals surface area contributed by atoms with E-state index in [9.17, 15) is 30.0 Å². The summed E-state index contributed by atoms with van der Waals surface area (Å²) in [5, 5.41) is 4.86. The van der Waals surface area contributed by atoms with Gasteiger partial charge in [-0.2, -0.15) is 26.3 Å². The molecule has 0 bridgehead atoms. The van der Waals surface area contributed by atoms with Crippen LogP contribution in [-0.4, -0.2) is 29.6 Å². The summed E-state index contributed by atoms with van der Waals surface area (Å²) in [7, 11) is -8.82. The van der Waals surface area contributed by atoms with Crippen LogP contribution in [0, 0.1) is 0 Å². The molecule has 20 heavy (non-hydrogen) atoms. The maximum Gasteiger partial charge on any atom is 0.402 e. The monoisotopic (exact) mass is 333 g/mol. The van der Waals surface area contributed by atoms with Gasteiger partial charge in [0.05, 0.1) is 5.69 Å². The number of rotatable bonds is 5. The number of benzene rings is 1. The fraction of sp³-hybridized carbons (Fsp3) is 0.250. The second-order valence-corrected chi connectivity index (χ2v) is 6.61. The highest BCUT2D eigenvalue weighted by atomic mass is 32.2. The van der Waals surface area contributed by atoms with Crippen molar-refractivity contribution >= 4 is 25.9 Å². The molecule has 1 aromatic rings. The van der Waals surface area contributed by atoms with Crippen molar-refractivity contribution in [2.45, 2.75) is 11.1 Å². The van der Waals surface area contributed by atoms with E-state index < -0.39 is 43.5 Å². The first-order chi connectivity index (χ1) is 8.91. The molecule has 0 heterocycles. The number of primary sulfonamides is 1. The lowest BCUT2D eigenvalue weighted by atomic mass is 10.3. The molecule has 0 spiro atoms. The number of hydrogen-bond donors (Lipinski definition) is 3. The third kappa shape index (κ3) is 5.32. The van der Waals surface area contributed by atoms with E-state index in [2.05, 4.69) is 0 Å². The number of alkyl halides is 3. The van der Waals surface area contributed by atoms with Gasteiger partial charge in [0.1, 0.15) is 11.4 Å². The van der Waals surface area contributed by atoms with Gasteiger partial charge in [0.25, 0.3) is 10.2 Å². The van der Waals surface area contributed by atoms with E-state index in [1.165, 1.54) is 16.9 Å². The fourth-order valence-electron chi connectivity index (χ4n) is 1.16. The Labute approximate surface area is 113 Å². The molecular formula is C8H10F3N3O4S2. The van der Waals surface area contributed by atoms with Crippen LogP contribution in [0.2, 0.25) is 0 Å². The maximum atomic E-state index is 11.9. The highest BCUT2D eigenvalue weighted by Gasteiger charge is 2.29. The van der Waals surface area contributed by atoms with Crippen molar-refractivity contribution < 1.29 is 30.0 Å². The van der Waals surface area contributed by atoms with E-state index in [1.807, 2.05) is 0 Å². The minimum absolute atomic E-state index is 0.454. The van der Waals surface area contributed by atoms with Gasteiger partial charge in [-0.15, -0.1) is 0 Å². The van der Waals surface area contributed by atoms with Crippen molar-refractivity contribution in [2.75, 3.05) is 11.3 Å². The standard InChI is InChI=1S/C8H10F3N3O4S2/c9-8(10,11)5-13-20(17,18)14-6-3-1-2-4-7(6)19(12,15)16/h1-4,13-14H,5H2,(H2,12,15,16). The van der Waals surface area contributed by atoms with Crippen molar-refractivity contribution in [3.8, 4) is 0 Å². The Kier molecular flexibility index (Phi) is 4.63. The predicted octanol–water partition coefficient (Wildman–Crippen LogP) is 0.143. The molecule has 1 rings (SSSR count). The van der Waals surface area contributed by atoms with Crippen LogP contribution in [-0.2, 0) is 20.2 Å². The zero-order valence-electron chi connectivity index (χ0n) is 9.68. The van der Waals surface area contributed by atoms with Crippen LogP contribution in [0.5, 0.6) is 0 Å². The number of anilines is 1. The minimum atomic E-state index is -4.74. The molecule has 0 unspecified atom stereocenters. The lowest BCUT2D eigenvalue weighted by molar-refractivity contribution is -0.121. The average molecular weight is 333 g/mol. The topological polar surface area (TPSA) is 118 Å². The molecule has 0 saturated carbocycles. The van der Waals surface area contributed by atoms with Gasteiger partial charge < -0.3 is 0 Å². The second-order valence-electron chi connectivity index (χ2n) is 3.58. The van der Waals surface area contributed by atoms with Crippen LogP contribution in [0.15, 0.2) is 29.2 Å². The Balaban J connectivity index is 3.00. The summed E-state index contributed by atoms with van der Waals surface area (Å²) in [4.78, 5) is -0.558. The van der Waals surface area contributed by atoms with E-state index in [0.29, 0.717) is 0 Å². The van der Waals surface area contributed by atoms with Gasteiger partial charge in [0.2, 0.25) is 10.0 Å². The van der Waals surface area contributed by atoms with Gasteiger partial charge in [-0.25, -0.2) is 13.6 Å². The van der Waals surface area contributed by atoms with E-state index in [1.54, 1.807) is 4.72 Å². The maximum absolute atomic E-state index is 11.9. The zero-order chi connectivity index (χ0) is 15.6. The molecule has 7 nitrogen and oxygen atoms in total.